The largest absolute Gasteiger partial charge is 0.497 e. The van der Waals surface area contributed by atoms with E-state index in [1.54, 1.807) is 35.7 Å². The summed E-state index contributed by atoms with van der Waals surface area (Å²) in [7, 11) is -1.95. The van der Waals surface area contributed by atoms with E-state index in [1.165, 1.54) is 25.7 Å². The SMILES string of the molecule is COc1ccc(S(=O)(=O)N2CCCC(N3CCCC(Nc4nccc(N5CCCCCC5)n4)C3)C2)cc1. The van der Waals surface area contributed by atoms with Gasteiger partial charge in [0, 0.05) is 51.0 Å². The summed E-state index contributed by atoms with van der Waals surface area (Å²) in [5.74, 6) is 2.36. The van der Waals surface area contributed by atoms with Gasteiger partial charge in [0.05, 0.1) is 12.0 Å². The number of sulfonamides is 1. The Hall–Kier alpha value is -2.43. The van der Waals surface area contributed by atoms with Gasteiger partial charge in [-0.15, -0.1) is 0 Å². The Morgan fingerprint density at radius 1 is 0.892 bits per heavy atom. The van der Waals surface area contributed by atoms with E-state index in [0.29, 0.717) is 29.7 Å². The van der Waals surface area contributed by atoms with E-state index in [2.05, 4.69) is 20.1 Å². The molecule has 2 atom stereocenters. The lowest BCUT2D eigenvalue weighted by atomic mass is 9.99. The molecule has 1 N–H and O–H groups in total. The number of ether oxygens (including phenoxy) is 1. The highest BCUT2D eigenvalue weighted by molar-refractivity contribution is 7.89. The van der Waals surface area contributed by atoms with E-state index in [1.807, 2.05) is 12.3 Å². The van der Waals surface area contributed by atoms with Crippen LogP contribution in [0.1, 0.15) is 51.4 Å². The van der Waals surface area contributed by atoms with E-state index in [9.17, 15) is 8.42 Å². The van der Waals surface area contributed by atoms with Gasteiger partial charge in [0.1, 0.15) is 11.6 Å². The minimum Gasteiger partial charge on any atom is -0.497 e. The third kappa shape index (κ3) is 6.35. The fourth-order valence-electron chi connectivity index (χ4n) is 5.87. The average Bonchev–Trinajstić information content (AvgIpc) is 3.23. The van der Waals surface area contributed by atoms with Crippen molar-refractivity contribution >= 4 is 21.8 Å². The number of piperidine rings is 2. The van der Waals surface area contributed by atoms with Crippen LogP contribution in [0.4, 0.5) is 11.8 Å². The van der Waals surface area contributed by atoms with Gasteiger partial charge >= 0.3 is 0 Å². The standard InChI is InChI=1S/C27H40N6O3S/c1-36-24-10-12-25(13-11-24)37(34,35)33-19-7-9-23(21-33)32-18-6-8-22(20-32)29-27-28-15-14-26(30-27)31-16-4-2-3-5-17-31/h10-15,22-23H,2-9,16-21H2,1H3,(H,28,29,30). The van der Waals surface area contributed by atoms with Crippen LogP contribution in [-0.4, -0.2) is 86.1 Å². The highest BCUT2D eigenvalue weighted by atomic mass is 32.2. The summed E-state index contributed by atoms with van der Waals surface area (Å²) in [6.45, 7) is 5.09. The smallest absolute Gasteiger partial charge is 0.243 e. The topological polar surface area (TPSA) is 90.9 Å². The van der Waals surface area contributed by atoms with Crippen LogP contribution >= 0.6 is 0 Å². The molecule has 0 saturated carbocycles. The summed E-state index contributed by atoms with van der Waals surface area (Å²) in [6, 6.07) is 9.18. The van der Waals surface area contributed by atoms with Gasteiger partial charge < -0.3 is 15.0 Å². The minimum atomic E-state index is -3.53. The fraction of sp³-hybridized carbons (Fsp3) is 0.630. The first-order chi connectivity index (χ1) is 18.0. The predicted octanol–water partition coefficient (Wildman–Crippen LogP) is 3.60. The minimum absolute atomic E-state index is 0.218. The zero-order valence-corrected chi connectivity index (χ0v) is 22.7. The molecule has 4 heterocycles. The lowest BCUT2D eigenvalue weighted by molar-refractivity contribution is 0.108. The van der Waals surface area contributed by atoms with Crippen LogP contribution < -0.4 is 15.0 Å². The molecule has 5 rings (SSSR count). The maximum atomic E-state index is 13.3. The third-order valence-electron chi connectivity index (χ3n) is 7.93. The molecule has 202 valence electrons. The Morgan fingerprint density at radius 2 is 1.65 bits per heavy atom. The highest BCUT2D eigenvalue weighted by Crippen LogP contribution is 2.27. The number of aromatic nitrogens is 2. The number of nitrogens with one attached hydrogen (secondary N) is 1. The molecule has 1 aromatic heterocycles. The molecule has 0 bridgehead atoms. The Labute approximate surface area is 221 Å². The molecule has 10 heteroatoms. The van der Waals surface area contributed by atoms with Crippen LogP contribution in [-0.2, 0) is 10.0 Å². The molecule has 0 amide bonds. The Balaban J connectivity index is 1.21. The van der Waals surface area contributed by atoms with Gasteiger partial charge in [0.2, 0.25) is 16.0 Å². The van der Waals surface area contributed by atoms with Crippen molar-refractivity contribution in [1.82, 2.24) is 19.2 Å². The van der Waals surface area contributed by atoms with E-state index in [0.717, 1.165) is 57.7 Å². The van der Waals surface area contributed by atoms with Crippen molar-refractivity contribution < 1.29 is 13.2 Å². The first-order valence-electron chi connectivity index (χ1n) is 13.8. The normalized spacial score (nSPS) is 24.4. The Morgan fingerprint density at radius 3 is 2.41 bits per heavy atom. The van der Waals surface area contributed by atoms with Crippen LogP contribution in [0.3, 0.4) is 0 Å². The van der Waals surface area contributed by atoms with Gasteiger partial charge in [0.15, 0.2) is 0 Å². The first kappa shape index (κ1) is 26.2. The third-order valence-corrected chi connectivity index (χ3v) is 9.81. The molecule has 0 spiro atoms. The van der Waals surface area contributed by atoms with E-state index < -0.39 is 10.0 Å². The number of methoxy groups -OCH3 is 1. The molecule has 3 fully saturated rings. The quantitative estimate of drug-likeness (QED) is 0.583. The van der Waals surface area contributed by atoms with Gasteiger partial charge in [-0.3, -0.25) is 4.90 Å². The zero-order valence-electron chi connectivity index (χ0n) is 21.9. The zero-order chi connectivity index (χ0) is 25.7. The second kappa shape index (κ2) is 12.0. The number of hydrogen-bond acceptors (Lipinski definition) is 8. The molecule has 1 aromatic carbocycles. The molecule has 3 aliphatic heterocycles. The molecule has 0 aliphatic carbocycles. The highest BCUT2D eigenvalue weighted by Gasteiger charge is 2.34. The number of rotatable bonds is 7. The fourth-order valence-corrected chi connectivity index (χ4v) is 7.38. The van der Waals surface area contributed by atoms with E-state index >= 15 is 0 Å². The van der Waals surface area contributed by atoms with Gasteiger partial charge in [-0.05, 0) is 75.4 Å². The van der Waals surface area contributed by atoms with Crippen LogP contribution in [0.15, 0.2) is 41.4 Å². The maximum Gasteiger partial charge on any atom is 0.243 e. The van der Waals surface area contributed by atoms with Crippen LogP contribution in [0.25, 0.3) is 0 Å². The molecule has 37 heavy (non-hydrogen) atoms. The summed E-state index contributed by atoms with van der Waals surface area (Å²) in [5.41, 5.74) is 0. The van der Waals surface area contributed by atoms with Crippen molar-refractivity contribution in [2.24, 2.45) is 0 Å². The van der Waals surface area contributed by atoms with Crippen molar-refractivity contribution in [2.75, 3.05) is 56.6 Å². The lowest BCUT2D eigenvalue weighted by Gasteiger charge is -2.42. The van der Waals surface area contributed by atoms with Crippen molar-refractivity contribution in [1.29, 1.82) is 0 Å². The first-order valence-corrected chi connectivity index (χ1v) is 15.2. The molecule has 2 aromatic rings. The van der Waals surface area contributed by atoms with Crippen molar-refractivity contribution in [3.8, 4) is 5.75 Å². The van der Waals surface area contributed by atoms with Gasteiger partial charge in [-0.1, -0.05) is 12.8 Å². The summed E-state index contributed by atoms with van der Waals surface area (Å²) < 4.78 is 33.5. The Kier molecular flexibility index (Phi) is 8.46. The lowest BCUT2D eigenvalue weighted by Crippen LogP contribution is -2.54. The summed E-state index contributed by atoms with van der Waals surface area (Å²) in [4.78, 5) is 14.5. The van der Waals surface area contributed by atoms with Gasteiger partial charge in [-0.2, -0.15) is 9.29 Å². The summed E-state index contributed by atoms with van der Waals surface area (Å²) >= 11 is 0. The van der Waals surface area contributed by atoms with Crippen molar-refractivity contribution in [3.63, 3.8) is 0 Å². The summed E-state index contributed by atoms with van der Waals surface area (Å²) in [5, 5.41) is 3.59. The molecule has 3 aliphatic rings. The molecular weight excluding hydrogens is 488 g/mol. The number of likely N-dealkylation sites (tertiary alicyclic amines) is 1. The second-order valence-corrected chi connectivity index (χ2v) is 12.4. The number of hydrogen-bond donors (Lipinski definition) is 1. The molecule has 2 unspecified atom stereocenters. The number of benzene rings is 1. The molecule has 3 saturated heterocycles. The van der Waals surface area contributed by atoms with E-state index in [4.69, 9.17) is 9.72 Å². The molecule has 0 radical (unpaired) electrons. The molecular formula is C27H40N6O3S. The monoisotopic (exact) mass is 528 g/mol. The summed E-state index contributed by atoms with van der Waals surface area (Å²) in [6.07, 6.45) is 10.9. The average molecular weight is 529 g/mol. The van der Waals surface area contributed by atoms with Crippen LogP contribution in [0, 0.1) is 0 Å². The van der Waals surface area contributed by atoms with Crippen LogP contribution in [0.2, 0.25) is 0 Å². The van der Waals surface area contributed by atoms with Gasteiger partial charge in [-0.25, -0.2) is 13.4 Å². The predicted molar refractivity (Wildman–Crippen MR) is 146 cm³/mol. The maximum absolute atomic E-state index is 13.3. The number of nitrogens with zero attached hydrogens (tertiary/aromatic N) is 5. The second-order valence-electron chi connectivity index (χ2n) is 10.5. The van der Waals surface area contributed by atoms with E-state index in [-0.39, 0.29) is 12.1 Å². The van der Waals surface area contributed by atoms with Crippen LogP contribution in [0.5, 0.6) is 5.75 Å². The number of anilines is 2. The molecule has 9 nitrogen and oxygen atoms in total. The van der Waals surface area contributed by atoms with Gasteiger partial charge in [0.25, 0.3) is 0 Å². The van der Waals surface area contributed by atoms with Crippen molar-refractivity contribution in [2.45, 2.75) is 68.3 Å². The van der Waals surface area contributed by atoms with Crippen molar-refractivity contribution in [3.05, 3.63) is 36.5 Å². The Bertz CT molecular complexity index is 1120.